The molecule has 0 amide bonds. The second-order valence-corrected chi connectivity index (χ2v) is 3.16. The Morgan fingerprint density at radius 3 is 2.36 bits per heavy atom. The van der Waals surface area contributed by atoms with Crippen LogP contribution in [0.5, 0.6) is 0 Å². The highest BCUT2D eigenvalue weighted by Gasteiger charge is 1.77. The average Bonchev–Trinajstić information content (AvgIpc) is 2.22. The molecule has 0 bridgehead atoms. The van der Waals surface area contributed by atoms with Crippen molar-refractivity contribution in [2.75, 3.05) is 0 Å². The molecule has 0 saturated heterocycles. The Balaban J connectivity index is 2.45. The maximum atomic E-state index is 3.10. The smallest absolute Gasteiger partial charge is 0.0166 e. The lowest BCUT2D eigenvalue weighted by Gasteiger charge is -1.87. The van der Waals surface area contributed by atoms with Gasteiger partial charge in [0.1, 0.15) is 0 Å². The molecule has 0 aliphatic heterocycles. The quantitative estimate of drug-likeness (QED) is 0.497. The zero-order valence-electron chi connectivity index (χ0n) is 8.52. The largest absolute Gasteiger partial charge is 0.0879 e. The third-order valence-corrected chi connectivity index (χ3v) is 1.92. The summed E-state index contributed by atoms with van der Waals surface area (Å²) >= 11 is 0. The first-order valence-corrected chi connectivity index (χ1v) is 5.19. The SMILES string of the molecule is [C]1=C/C=C\C/C=C\C/C=C/CC\C=C/1. The fraction of sp³-hybridized carbons (Fsp3) is 0.286. The van der Waals surface area contributed by atoms with Gasteiger partial charge in [0, 0.05) is 0 Å². The van der Waals surface area contributed by atoms with Crippen LogP contribution in [0.15, 0.2) is 54.7 Å². The Morgan fingerprint density at radius 2 is 1.43 bits per heavy atom. The zero-order chi connectivity index (χ0) is 9.90. The van der Waals surface area contributed by atoms with Gasteiger partial charge in [-0.15, -0.1) is 0 Å². The summed E-state index contributed by atoms with van der Waals surface area (Å²) in [6.07, 6.45) is 26.5. The van der Waals surface area contributed by atoms with Crippen molar-refractivity contribution in [1.82, 2.24) is 0 Å². The number of rotatable bonds is 0. The third kappa shape index (κ3) is 6.24. The number of hydrogen-bond acceptors (Lipinski definition) is 0. The van der Waals surface area contributed by atoms with E-state index in [1.165, 1.54) is 0 Å². The van der Waals surface area contributed by atoms with Gasteiger partial charge >= 0.3 is 0 Å². The Morgan fingerprint density at radius 1 is 0.714 bits per heavy atom. The van der Waals surface area contributed by atoms with Crippen molar-refractivity contribution in [2.24, 2.45) is 0 Å². The summed E-state index contributed by atoms with van der Waals surface area (Å²) in [6.45, 7) is 0. The van der Waals surface area contributed by atoms with Crippen molar-refractivity contribution in [2.45, 2.75) is 25.7 Å². The van der Waals surface area contributed by atoms with Crippen molar-refractivity contribution in [1.29, 1.82) is 0 Å². The summed E-state index contributed by atoms with van der Waals surface area (Å²) in [5.41, 5.74) is 0. The van der Waals surface area contributed by atoms with Crippen LogP contribution in [-0.4, -0.2) is 0 Å². The van der Waals surface area contributed by atoms with Crippen LogP contribution in [0.1, 0.15) is 25.7 Å². The minimum Gasteiger partial charge on any atom is -0.0879 e. The third-order valence-electron chi connectivity index (χ3n) is 1.92. The molecule has 1 radical (unpaired) electrons. The topological polar surface area (TPSA) is 0 Å². The first kappa shape index (κ1) is 10.8. The average molecular weight is 185 g/mol. The van der Waals surface area contributed by atoms with Gasteiger partial charge in [0.2, 0.25) is 0 Å². The van der Waals surface area contributed by atoms with Crippen LogP contribution in [0.25, 0.3) is 0 Å². The van der Waals surface area contributed by atoms with Crippen molar-refractivity contribution in [3.63, 3.8) is 0 Å². The normalized spacial score (nSPS) is 29.7. The van der Waals surface area contributed by atoms with Gasteiger partial charge < -0.3 is 0 Å². The zero-order valence-corrected chi connectivity index (χ0v) is 8.52. The van der Waals surface area contributed by atoms with E-state index in [1.807, 2.05) is 18.2 Å². The molecule has 0 spiro atoms. The fourth-order valence-electron chi connectivity index (χ4n) is 1.17. The molecule has 0 aromatic carbocycles. The standard InChI is InChI=1S/C14H17/c1-2-4-6-8-10-12-14-13-11-9-7-5-3-1/h1-3,6-9,12,14H,4,10-11,13H2/b2-1-,5-3?,8-6-,9-7-,14-12+. The van der Waals surface area contributed by atoms with Crippen molar-refractivity contribution >= 4 is 0 Å². The molecule has 0 fully saturated rings. The molecular formula is C14H17. The maximum absolute atomic E-state index is 3.10. The van der Waals surface area contributed by atoms with E-state index in [2.05, 4.69) is 42.5 Å². The summed E-state index contributed by atoms with van der Waals surface area (Å²) in [6, 6.07) is 0. The predicted octanol–water partition coefficient (Wildman–Crippen LogP) is 4.14. The van der Waals surface area contributed by atoms with Gasteiger partial charge in [-0.3, -0.25) is 0 Å². The van der Waals surface area contributed by atoms with Gasteiger partial charge in [0.25, 0.3) is 0 Å². The van der Waals surface area contributed by atoms with E-state index in [-0.39, 0.29) is 0 Å². The van der Waals surface area contributed by atoms with Gasteiger partial charge in [-0.25, -0.2) is 0 Å². The van der Waals surface area contributed by atoms with Crippen LogP contribution in [-0.2, 0) is 0 Å². The van der Waals surface area contributed by atoms with Gasteiger partial charge in [0.15, 0.2) is 0 Å². The molecule has 14 heavy (non-hydrogen) atoms. The Hall–Kier alpha value is -1.30. The summed E-state index contributed by atoms with van der Waals surface area (Å²) < 4.78 is 0. The van der Waals surface area contributed by atoms with Crippen LogP contribution < -0.4 is 0 Å². The van der Waals surface area contributed by atoms with E-state index >= 15 is 0 Å². The van der Waals surface area contributed by atoms with E-state index in [4.69, 9.17) is 0 Å². The van der Waals surface area contributed by atoms with Crippen LogP contribution in [0.2, 0.25) is 0 Å². The minimum atomic E-state index is 1.01. The molecule has 0 N–H and O–H groups in total. The van der Waals surface area contributed by atoms with Crippen LogP contribution >= 0.6 is 0 Å². The Labute approximate surface area is 87.0 Å². The van der Waals surface area contributed by atoms with Gasteiger partial charge in [0.05, 0.1) is 0 Å². The molecule has 0 heteroatoms. The Bertz CT molecular complexity index is 262. The van der Waals surface area contributed by atoms with E-state index in [0.29, 0.717) is 0 Å². The van der Waals surface area contributed by atoms with Crippen LogP contribution in [0, 0.1) is 6.08 Å². The lowest BCUT2D eigenvalue weighted by molar-refractivity contribution is 1.04. The van der Waals surface area contributed by atoms with Crippen molar-refractivity contribution in [3.8, 4) is 0 Å². The summed E-state index contributed by atoms with van der Waals surface area (Å²) in [7, 11) is 0. The van der Waals surface area contributed by atoms with E-state index in [9.17, 15) is 0 Å². The van der Waals surface area contributed by atoms with Gasteiger partial charge in [-0.2, -0.15) is 0 Å². The van der Waals surface area contributed by atoms with E-state index in [0.717, 1.165) is 25.7 Å². The summed E-state index contributed by atoms with van der Waals surface area (Å²) in [4.78, 5) is 0. The van der Waals surface area contributed by atoms with Gasteiger partial charge in [-0.05, 0) is 31.8 Å². The highest BCUT2D eigenvalue weighted by molar-refractivity contribution is 5.08. The number of allylic oxidation sites excluding steroid dienone is 10. The van der Waals surface area contributed by atoms with Crippen molar-refractivity contribution in [3.05, 3.63) is 60.8 Å². The first-order chi connectivity index (χ1) is 7.00. The van der Waals surface area contributed by atoms with Crippen LogP contribution in [0.4, 0.5) is 0 Å². The minimum absolute atomic E-state index is 1.01. The summed E-state index contributed by atoms with van der Waals surface area (Å²) in [5.74, 6) is 0. The van der Waals surface area contributed by atoms with Crippen molar-refractivity contribution < 1.29 is 0 Å². The molecule has 0 unspecified atom stereocenters. The molecule has 1 aliphatic rings. The van der Waals surface area contributed by atoms with Gasteiger partial charge in [-0.1, -0.05) is 54.7 Å². The molecule has 0 atom stereocenters. The number of hydrogen-bond donors (Lipinski definition) is 0. The molecule has 0 aromatic heterocycles. The second-order valence-electron chi connectivity index (χ2n) is 3.16. The van der Waals surface area contributed by atoms with E-state index < -0.39 is 0 Å². The Kier molecular flexibility index (Phi) is 6.39. The molecule has 1 aliphatic carbocycles. The van der Waals surface area contributed by atoms with Crippen LogP contribution in [0.3, 0.4) is 0 Å². The first-order valence-electron chi connectivity index (χ1n) is 5.19. The lowest BCUT2D eigenvalue weighted by atomic mass is 10.2. The molecule has 73 valence electrons. The predicted molar refractivity (Wildman–Crippen MR) is 62.8 cm³/mol. The second kappa shape index (κ2) is 8.31. The highest BCUT2D eigenvalue weighted by Crippen LogP contribution is 1.97. The molecule has 0 saturated carbocycles. The molecular weight excluding hydrogens is 168 g/mol. The molecule has 1 rings (SSSR count). The monoisotopic (exact) mass is 185 g/mol. The maximum Gasteiger partial charge on any atom is -0.0166 e. The van der Waals surface area contributed by atoms with E-state index in [1.54, 1.807) is 0 Å². The molecule has 0 aromatic rings. The highest BCUT2D eigenvalue weighted by atomic mass is 13.8. The summed E-state index contributed by atoms with van der Waals surface area (Å²) in [5, 5.41) is 0. The molecule has 0 nitrogen and oxygen atoms in total. The lowest BCUT2D eigenvalue weighted by Crippen LogP contribution is -1.66. The fourth-order valence-corrected chi connectivity index (χ4v) is 1.17. The molecule has 0 heterocycles.